The van der Waals surface area contributed by atoms with Crippen LogP contribution in [0.3, 0.4) is 0 Å². The maximum absolute atomic E-state index is 11.8. The van der Waals surface area contributed by atoms with Gasteiger partial charge < -0.3 is 20.3 Å². The first-order valence-corrected chi connectivity index (χ1v) is 7.26. The van der Waals surface area contributed by atoms with Crippen molar-refractivity contribution in [2.45, 2.75) is 46.6 Å². The fourth-order valence-electron chi connectivity index (χ4n) is 1.34. The highest BCUT2D eigenvalue weighted by Crippen LogP contribution is 2.08. The van der Waals surface area contributed by atoms with Gasteiger partial charge in [0.05, 0.1) is 0 Å². The van der Waals surface area contributed by atoms with E-state index in [9.17, 15) is 4.79 Å². The Bertz CT molecular complexity index is 311. The molecule has 1 amide bonds. The highest BCUT2D eigenvalue weighted by molar-refractivity contribution is 5.79. The summed E-state index contributed by atoms with van der Waals surface area (Å²) in [6.07, 6.45) is 0.698. The topological polar surface area (TPSA) is 66.0 Å². The minimum Gasteiger partial charge on any atom is -0.444 e. The Labute approximate surface area is 123 Å². The van der Waals surface area contributed by atoms with E-state index in [1.54, 1.807) is 11.9 Å². The summed E-state index contributed by atoms with van der Waals surface area (Å²) in [5.41, 5.74) is -0.462. The summed E-state index contributed by atoms with van der Waals surface area (Å²) in [7, 11) is 1.73. The number of hydrogen-bond donors (Lipinski definition) is 2. The highest BCUT2D eigenvalue weighted by atomic mass is 16.6. The third-order valence-corrected chi connectivity index (χ3v) is 2.28. The van der Waals surface area contributed by atoms with Crippen molar-refractivity contribution >= 4 is 12.1 Å². The van der Waals surface area contributed by atoms with Gasteiger partial charge in [0.15, 0.2) is 5.96 Å². The Hall–Kier alpha value is -1.46. The van der Waals surface area contributed by atoms with Crippen molar-refractivity contribution in [1.29, 1.82) is 0 Å². The molecule has 0 spiro atoms. The fourth-order valence-corrected chi connectivity index (χ4v) is 1.34. The summed E-state index contributed by atoms with van der Waals surface area (Å²) in [5, 5.41) is 6.36. The summed E-state index contributed by atoms with van der Waals surface area (Å²) < 4.78 is 5.28. The zero-order chi connectivity index (χ0) is 15.6. The van der Waals surface area contributed by atoms with E-state index in [2.05, 4.69) is 22.5 Å². The quantitative estimate of drug-likeness (QED) is 0.577. The second-order valence-electron chi connectivity index (χ2n) is 5.59. The highest BCUT2D eigenvalue weighted by Gasteiger charge is 2.19. The van der Waals surface area contributed by atoms with Gasteiger partial charge in [0.1, 0.15) is 5.60 Å². The number of likely N-dealkylation sites (N-methyl/N-ethyl adjacent to an activating group) is 1. The average Bonchev–Trinajstić information content (AvgIpc) is 2.33. The molecule has 0 aliphatic rings. The van der Waals surface area contributed by atoms with E-state index in [1.165, 1.54) is 0 Å². The molecule has 0 heterocycles. The Kier molecular flexibility index (Phi) is 8.76. The molecular weight excluding hydrogens is 256 g/mol. The van der Waals surface area contributed by atoms with Crippen LogP contribution in [0, 0.1) is 0 Å². The molecule has 0 fully saturated rings. The number of guanidine groups is 1. The average molecular weight is 286 g/mol. The molecule has 2 N–H and O–H groups in total. The standard InChI is InChI=1S/C14H30N4O2/c1-7-9-16-12(15-8-2)17-10-11-18(6)13(19)20-14(3,4)5/h7-11H2,1-6H3,(H2,15,16,17). The first kappa shape index (κ1) is 18.5. The number of hydrogen-bond acceptors (Lipinski definition) is 3. The predicted molar refractivity (Wildman–Crippen MR) is 83.1 cm³/mol. The SMILES string of the molecule is CCCN=C(NCC)NCCN(C)C(=O)OC(C)(C)C. The van der Waals surface area contributed by atoms with Crippen LogP contribution in [0.1, 0.15) is 41.0 Å². The van der Waals surface area contributed by atoms with Crippen molar-refractivity contribution in [2.75, 3.05) is 33.2 Å². The Morgan fingerprint density at radius 2 is 1.90 bits per heavy atom. The van der Waals surface area contributed by atoms with Gasteiger partial charge in [-0.2, -0.15) is 0 Å². The molecule has 6 nitrogen and oxygen atoms in total. The number of nitrogens with one attached hydrogen (secondary N) is 2. The van der Waals surface area contributed by atoms with Gasteiger partial charge in [-0.3, -0.25) is 4.99 Å². The van der Waals surface area contributed by atoms with Gasteiger partial charge >= 0.3 is 6.09 Å². The lowest BCUT2D eigenvalue weighted by molar-refractivity contribution is 0.0302. The van der Waals surface area contributed by atoms with Gasteiger partial charge in [-0.15, -0.1) is 0 Å². The summed E-state index contributed by atoms with van der Waals surface area (Å²) >= 11 is 0. The molecule has 0 radical (unpaired) electrons. The Morgan fingerprint density at radius 3 is 2.40 bits per heavy atom. The number of aliphatic imine (C=N–C) groups is 1. The van der Waals surface area contributed by atoms with Crippen LogP contribution < -0.4 is 10.6 Å². The third-order valence-electron chi connectivity index (χ3n) is 2.28. The van der Waals surface area contributed by atoms with E-state index in [1.807, 2.05) is 27.7 Å². The third kappa shape index (κ3) is 9.47. The first-order valence-electron chi connectivity index (χ1n) is 7.26. The summed E-state index contributed by atoms with van der Waals surface area (Å²) in [6, 6.07) is 0. The molecule has 0 unspecified atom stereocenters. The van der Waals surface area contributed by atoms with Crippen LogP contribution in [-0.2, 0) is 4.74 Å². The minimum atomic E-state index is -0.462. The maximum atomic E-state index is 11.8. The summed E-state index contributed by atoms with van der Waals surface area (Å²) in [4.78, 5) is 17.7. The van der Waals surface area contributed by atoms with E-state index in [4.69, 9.17) is 4.74 Å². The van der Waals surface area contributed by atoms with Crippen LogP contribution in [0.2, 0.25) is 0 Å². The maximum Gasteiger partial charge on any atom is 0.410 e. The number of nitrogens with zero attached hydrogens (tertiary/aromatic N) is 2. The molecule has 0 aliphatic heterocycles. The lowest BCUT2D eigenvalue weighted by atomic mass is 10.2. The van der Waals surface area contributed by atoms with Crippen LogP contribution >= 0.6 is 0 Å². The molecule has 0 aromatic heterocycles. The number of rotatable bonds is 6. The van der Waals surface area contributed by atoms with Crippen molar-refractivity contribution in [1.82, 2.24) is 15.5 Å². The fraction of sp³-hybridized carbons (Fsp3) is 0.857. The van der Waals surface area contributed by atoms with E-state index in [0.717, 1.165) is 25.5 Å². The number of amides is 1. The smallest absolute Gasteiger partial charge is 0.410 e. The molecule has 6 heteroatoms. The Morgan fingerprint density at radius 1 is 1.25 bits per heavy atom. The number of carbonyl (C=O) groups is 1. The number of ether oxygens (including phenoxy) is 1. The Balaban J connectivity index is 4.10. The summed E-state index contributed by atoms with van der Waals surface area (Å²) in [5.74, 6) is 0.784. The van der Waals surface area contributed by atoms with Crippen LogP contribution in [0.25, 0.3) is 0 Å². The van der Waals surface area contributed by atoms with Crippen molar-refractivity contribution in [2.24, 2.45) is 4.99 Å². The molecule has 0 rings (SSSR count). The molecule has 0 bridgehead atoms. The normalized spacial score (nSPS) is 12.0. The molecule has 0 saturated carbocycles. The molecule has 0 atom stereocenters. The van der Waals surface area contributed by atoms with E-state index < -0.39 is 5.60 Å². The molecule has 20 heavy (non-hydrogen) atoms. The van der Waals surface area contributed by atoms with Crippen molar-refractivity contribution < 1.29 is 9.53 Å². The predicted octanol–water partition coefficient (Wildman–Crippen LogP) is 1.82. The lowest BCUT2D eigenvalue weighted by Gasteiger charge is -2.24. The van der Waals surface area contributed by atoms with E-state index in [-0.39, 0.29) is 6.09 Å². The molecule has 118 valence electrons. The lowest BCUT2D eigenvalue weighted by Crippen LogP contribution is -2.43. The van der Waals surface area contributed by atoms with Crippen molar-refractivity contribution in [3.8, 4) is 0 Å². The van der Waals surface area contributed by atoms with Gasteiger partial charge in [0.25, 0.3) is 0 Å². The van der Waals surface area contributed by atoms with Crippen LogP contribution in [0.4, 0.5) is 4.79 Å². The summed E-state index contributed by atoms with van der Waals surface area (Å²) in [6.45, 7) is 12.5. The van der Waals surface area contributed by atoms with Crippen molar-refractivity contribution in [3.05, 3.63) is 0 Å². The second kappa shape index (κ2) is 9.44. The minimum absolute atomic E-state index is 0.310. The van der Waals surface area contributed by atoms with Gasteiger partial charge in [-0.1, -0.05) is 6.92 Å². The second-order valence-corrected chi connectivity index (χ2v) is 5.59. The van der Waals surface area contributed by atoms with Crippen LogP contribution in [0.15, 0.2) is 4.99 Å². The van der Waals surface area contributed by atoms with Gasteiger partial charge in [0, 0.05) is 33.2 Å². The first-order chi connectivity index (χ1) is 9.30. The van der Waals surface area contributed by atoms with E-state index in [0.29, 0.717) is 13.1 Å². The largest absolute Gasteiger partial charge is 0.444 e. The molecule has 0 aliphatic carbocycles. The monoisotopic (exact) mass is 286 g/mol. The van der Waals surface area contributed by atoms with Crippen LogP contribution in [-0.4, -0.2) is 55.8 Å². The molecule has 0 aromatic rings. The van der Waals surface area contributed by atoms with Gasteiger partial charge in [-0.05, 0) is 34.1 Å². The zero-order valence-corrected chi connectivity index (χ0v) is 13.7. The molecule has 0 aromatic carbocycles. The zero-order valence-electron chi connectivity index (χ0n) is 13.7. The van der Waals surface area contributed by atoms with Crippen molar-refractivity contribution in [3.63, 3.8) is 0 Å². The van der Waals surface area contributed by atoms with Gasteiger partial charge in [-0.25, -0.2) is 4.79 Å². The molecular formula is C14H30N4O2. The molecule has 0 saturated heterocycles. The van der Waals surface area contributed by atoms with Crippen LogP contribution in [0.5, 0.6) is 0 Å². The number of carbonyl (C=O) groups excluding carboxylic acids is 1. The van der Waals surface area contributed by atoms with Gasteiger partial charge in [0.2, 0.25) is 0 Å². The van der Waals surface area contributed by atoms with E-state index >= 15 is 0 Å².